The molecule has 11 aromatic rings. The van der Waals surface area contributed by atoms with E-state index in [9.17, 15) is 0 Å². The van der Waals surface area contributed by atoms with Crippen molar-refractivity contribution in [3.05, 3.63) is 194 Å². The zero-order valence-electron chi connectivity index (χ0n) is 30.2. The first-order chi connectivity index (χ1) is 27.7. The van der Waals surface area contributed by atoms with Gasteiger partial charge in [-0.05, 0) is 58.7 Å². The van der Waals surface area contributed by atoms with Gasteiger partial charge in [0, 0.05) is 53.3 Å². The van der Waals surface area contributed by atoms with E-state index in [1.165, 1.54) is 47.6 Å². The van der Waals surface area contributed by atoms with Gasteiger partial charge in [0.15, 0.2) is 17.5 Å². The number of hydrogen-bond acceptors (Lipinski definition) is 4. The Labute approximate surface area is 327 Å². The van der Waals surface area contributed by atoms with Gasteiger partial charge in [-0.3, -0.25) is 0 Å². The van der Waals surface area contributed by atoms with Crippen LogP contribution in [-0.2, 0) is 0 Å². The van der Waals surface area contributed by atoms with Crippen molar-refractivity contribution >= 4 is 53.3 Å². The van der Waals surface area contributed by atoms with Crippen molar-refractivity contribution in [3.63, 3.8) is 0 Å². The highest BCUT2D eigenvalue weighted by molar-refractivity contribution is 7.26. The second-order valence-electron chi connectivity index (χ2n) is 14.0. The predicted molar refractivity (Wildman–Crippen MR) is 234 cm³/mol. The van der Waals surface area contributed by atoms with Gasteiger partial charge in [-0.2, -0.15) is 0 Å². The Morgan fingerprint density at radius 1 is 0.339 bits per heavy atom. The SMILES string of the molecule is c1ccc(-c2ccc3c4ccccc4n(-c4cc(-c5nc(-c6ccccc6)nc(-c6ccccc6)n5)cc(-c5cccc6c5sc5ccccc56)c4)c3c2)cc1. The summed E-state index contributed by atoms with van der Waals surface area (Å²) in [5.41, 5.74) is 10.7. The van der Waals surface area contributed by atoms with Gasteiger partial charge in [0.1, 0.15) is 0 Å². The molecule has 0 amide bonds. The second kappa shape index (κ2) is 13.3. The number of benzene rings is 8. The van der Waals surface area contributed by atoms with Crippen LogP contribution in [0.2, 0.25) is 0 Å². The van der Waals surface area contributed by atoms with Crippen molar-refractivity contribution in [1.29, 1.82) is 0 Å². The number of fused-ring (bicyclic) bond motifs is 6. The average Bonchev–Trinajstić information content (AvgIpc) is 3.83. The Balaban J connectivity index is 1.22. The van der Waals surface area contributed by atoms with Crippen molar-refractivity contribution < 1.29 is 0 Å². The van der Waals surface area contributed by atoms with E-state index in [1.54, 1.807) is 0 Å². The van der Waals surface area contributed by atoms with Gasteiger partial charge in [-0.25, -0.2) is 15.0 Å². The number of rotatable bonds is 6. The molecule has 0 atom stereocenters. The van der Waals surface area contributed by atoms with Crippen LogP contribution in [0.1, 0.15) is 0 Å². The minimum absolute atomic E-state index is 0.620. The fraction of sp³-hybridized carbons (Fsp3) is 0. The molecule has 56 heavy (non-hydrogen) atoms. The van der Waals surface area contributed by atoms with Crippen LogP contribution < -0.4 is 0 Å². The minimum atomic E-state index is 0.620. The predicted octanol–water partition coefficient (Wildman–Crippen LogP) is 13.7. The summed E-state index contributed by atoms with van der Waals surface area (Å²) in [7, 11) is 0. The maximum atomic E-state index is 5.20. The quantitative estimate of drug-likeness (QED) is 0.171. The Morgan fingerprint density at radius 2 is 0.893 bits per heavy atom. The van der Waals surface area contributed by atoms with Crippen LogP contribution in [-0.4, -0.2) is 19.5 Å². The van der Waals surface area contributed by atoms with Crippen LogP contribution in [0.4, 0.5) is 0 Å². The second-order valence-corrected chi connectivity index (χ2v) is 15.1. The van der Waals surface area contributed by atoms with Gasteiger partial charge in [0.2, 0.25) is 0 Å². The van der Waals surface area contributed by atoms with E-state index in [-0.39, 0.29) is 0 Å². The molecular formula is C51H32N4S. The third-order valence-corrected chi connectivity index (χ3v) is 11.8. The molecule has 0 N–H and O–H groups in total. The lowest BCUT2D eigenvalue weighted by Gasteiger charge is -2.15. The van der Waals surface area contributed by atoms with Crippen LogP contribution in [0.3, 0.4) is 0 Å². The van der Waals surface area contributed by atoms with Crippen LogP contribution in [0.25, 0.3) is 104 Å². The molecule has 8 aromatic carbocycles. The zero-order valence-corrected chi connectivity index (χ0v) is 31.0. The van der Waals surface area contributed by atoms with E-state index in [0.717, 1.165) is 39.0 Å². The Hall–Kier alpha value is -7.21. The highest BCUT2D eigenvalue weighted by Crippen LogP contribution is 2.43. The molecule has 0 spiro atoms. The third-order valence-electron chi connectivity index (χ3n) is 10.6. The smallest absolute Gasteiger partial charge is 0.164 e. The minimum Gasteiger partial charge on any atom is -0.309 e. The molecule has 0 aliphatic rings. The van der Waals surface area contributed by atoms with Crippen molar-refractivity contribution in [2.75, 3.05) is 0 Å². The summed E-state index contributed by atoms with van der Waals surface area (Å²) >= 11 is 1.84. The molecule has 11 rings (SSSR count). The van der Waals surface area contributed by atoms with E-state index in [0.29, 0.717) is 17.5 Å². The molecule has 0 aliphatic heterocycles. The zero-order chi connectivity index (χ0) is 37.0. The number of nitrogens with zero attached hydrogens (tertiary/aromatic N) is 4. The average molecular weight is 733 g/mol. The fourth-order valence-corrected chi connectivity index (χ4v) is 9.23. The molecule has 3 aromatic heterocycles. The normalized spacial score (nSPS) is 11.6. The van der Waals surface area contributed by atoms with E-state index in [2.05, 4.69) is 162 Å². The number of aromatic nitrogens is 4. The molecule has 0 unspecified atom stereocenters. The van der Waals surface area contributed by atoms with Crippen LogP contribution in [0.5, 0.6) is 0 Å². The monoisotopic (exact) mass is 732 g/mol. The summed E-state index contributed by atoms with van der Waals surface area (Å²) in [6, 6.07) is 68.7. The summed E-state index contributed by atoms with van der Waals surface area (Å²) in [6.45, 7) is 0. The van der Waals surface area contributed by atoms with E-state index >= 15 is 0 Å². The Bertz CT molecular complexity index is 3180. The summed E-state index contributed by atoms with van der Waals surface area (Å²) in [5.74, 6) is 1.89. The summed E-state index contributed by atoms with van der Waals surface area (Å²) in [6.07, 6.45) is 0. The van der Waals surface area contributed by atoms with Crippen LogP contribution in [0, 0.1) is 0 Å². The van der Waals surface area contributed by atoms with Gasteiger partial charge in [-0.15, -0.1) is 11.3 Å². The molecule has 0 fully saturated rings. The largest absolute Gasteiger partial charge is 0.309 e. The van der Waals surface area contributed by atoms with Gasteiger partial charge in [0.05, 0.1) is 11.0 Å². The first kappa shape index (κ1) is 32.2. The summed E-state index contributed by atoms with van der Waals surface area (Å²) in [5, 5.41) is 4.95. The van der Waals surface area contributed by atoms with Crippen LogP contribution in [0.15, 0.2) is 194 Å². The third kappa shape index (κ3) is 5.48. The number of para-hydroxylation sites is 1. The van der Waals surface area contributed by atoms with Gasteiger partial charge < -0.3 is 4.57 Å². The molecule has 4 nitrogen and oxygen atoms in total. The molecule has 3 heterocycles. The van der Waals surface area contributed by atoms with Crippen molar-refractivity contribution in [2.45, 2.75) is 0 Å². The highest BCUT2D eigenvalue weighted by atomic mass is 32.1. The molecule has 0 bridgehead atoms. The number of hydrogen-bond donors (Lipinski definition) is 0. The first-order valence-corrected chi connectivity index (χ1v) is 19.6. The Morgan fingerprint density at radius 3 is 1.61 bits per heavy atom. The molecule has 262 valence electrons. The highest BCUT2D eigenvalue weighted by Gasteiger charge is 2.19. The van der Waals surface area contributed by atoms with Gasteiger partial charge in [0.25, 0.3) is 0 Å². The van der Waals surface area contributed by atoms with Crippen molar-refractivity contribution in [3.8, 4) is 62.1 Å². The van der Waals surface area contributed by atoms with Gasteiger partial charge >= 0.3 is 0 Å². The first-order valence-electron chi connectivity index (χ1n) is 18.8. The van der Waals surface area contributed by atoms with Crippen molar-refractivity contribution in [1.82, 2.24) is 19.5 Å². The molecule has 0 aliphatic carbocycles. The standard InChI is InChI=1S/C51H32N4S/c1-4-15-33(16-5-1)36-27-28-42-41-21-10-12-25-45(41)55(46(42)32-36)39-30-37(40-23-14-24-44-43-22-11-13-26-47(43)56-48(40)44)29-38(31-39)51-53-49(34-17-6-2-7-18-34)52-50(54-51)35-19-8-3-9-20-35/h1-32H. The molecular weight excluding hydrogens is 701 g/mol. The lowest BCUT2D eigenvalue weighted by atomic mass is 9.99. The Kier molecular flexibility index (Phi) is 7.64. The van der Waals surface area contributed by atoms with Crippen LogP contribution >= 0.6 is 11.3 Å². The lowest BCUT2D eigenvalue weighted by molar-refractivity contribution is 1.07. The van der Waals surface area contributed by atoms with Crippen molar-refractivity contribution in [2.24, 2.45) is 0 Å². The topological polar surface area (TPSA) is 43.6 Å². The maximum absolute atomic E-state index is 5.20. The maximum Gasteiger partial charge on any atom is 0.164 e. The van der Waals surface area contributed by atoms with E-state index in [1.807, 2.05) is 47.7 Å². The summed E-state index contributed by atoms with van der Waals surface area (Å²) in [4.78, 5) is 15.4. The number of thiophene rings is 1. The fourth-order valence-electron chi connectivity index (χ4n) is 8.00. The molecule has 0 radical (unpaired) electrons. The van der Waals surface area contributed by atoms with E-state index < -0.39 is 0 Å². The van der Waals surface area contributed by atoms with Gasteiger partial charge in [-0.1, -0.05) is 158 Å². The molecule has 0 saturated carbocycles. The van der Waals surface area contributed by atoms with E-state index in [4.69, 9.17) is 15.0 Å². The summed E-state index contributed by atoms with van der Waals surface area (Å²) < 4.78 is 4.95. The molecule has 0 saturated heterocycles. The molecule has 5 heteroatoms. The lowest BCUT2D eigenvalue weighted by Crippen LogP contribution is -2.02.